The average Bonchev–Trinajstić information content (AvgIpc) is 3.06. The van der Waals surface area contributed by atoms with Gasteiger partial charge in [-0.3, -0.25) is 10.1 Å². The first-order valence-corrected chi connectivity index (χ1v) is 8.41. The zero-order valence-electron chi connectivity index (χ0n) is 13.3. The molecule has 0 aromatic carbocycles. The van der Waals surface area contributed by atoms with Crippen LogP contribution in [-0.4, -0.2) is 60.8 Å². The molecule has 3 rings (SSSR count). The fraction of sp³-hybridized carbons (Fsp3) is 0.800. The van der Waals surface area contributed by atoms with E-state index in [0.717, 1.165) is 19.4 Å². The van der Waals surface area contributed by atoms with E-state index in [1.54, 1.807) is 0 Å². The van der Waals surface area contributed by atoms with E-state index >= 15 is 0 Å². The normalized spacial score (nSPS) is 30.8. The lowest BCUT2D eigenvalue weighted by Crippen LogP contribution is -2.52. The van der Waals surface area contributed by atoms with Gasteiger partial charge in [-0.15, -0.1) is 0 Å². The SMILES string of the molecule is O=C(OOC(=O)[C@@H](NC1CCN[C@H]1C(=O)O)C1CC1)[C@@H]1CCNC1. The fourth-order valence-corrected chi connectivity index (χ4v) is 3.26. The standard InChI is InChI=1S/C15H23N3O6/c19-13(20)12-10(4-6-17-12)18-11(8-1-2-8)15(22)24-23-14(21)9-3-5-16-7-9/h8-12,16-18H,1-7H2,(H,19,20)/t9-,10?,11+,12-/m1/s1. The number of nitrogens with one attached hydrogen (secondary N) is 3. The summed E-state index contributed by atoms with van der Waals surface area (Å²) < 4.78 is 0. The van der Waals surface area contributed by atoms with Crippen LogP contribution >= 0.6 is 0 Å². The monoisotopic (exact) mass is 341 g/mol. The van der Waals surface area contributed by atoms with Crippen molar-refractivity contribution in [1.82, 2.24) is 16.0 Å². The van der Waals surface area contributed by atoms with Gasteiger partial charge >= 0.3 is 17.9 Å². The van der Waals surface area contributed by atoms with Crippen LogP contribution in [0.3, 0.4) is 0 Å². The third-order valence-corrected chi connectivity index (χ3v) is 4.83. The molecule has 0 aromatic rings. The number of carbonyl (C=O) groups is 3. The molecule has 24 heavy (non-hydrogen) atoms. The van der Waals surface area contributed by atoms with E-state index in [0.29, 0.717) is 25.9 Å². The molecule has 3 fully saturated rings. The molecule has 0 amide bonds. The minimum Gasteiger partial charge on any atom is -0.480 e. The summed E-state index contributed by atoms with van der Waals surface area (Å²) in [7, 11) is 0. The Morgan fingerprint density at radius 2 is 1.88 bits per heavy atom. The molecule has 0 spiro atoms. The number of hydrogen-bond donors (Lipinski definition) is 4. The molecule has 1 saturated carbocycles. The maximum absolute atomic E-state index is 12.3. The summed E-state index contributed by atoms with van der Waals surface area (Å²) in [6, 6.07) is -1.73. The first-order chi connectivity index (χ1) is 11.6. The molecule has 4 N–H and O–H groups in total. The van der Waals surface area contributed by atoms with Gasteiger partial charge in [0.2, 0.25) is 0 Å². The minimum atomic E-state index is -0.951. The molecule has 9 nitrogen and oxygen atoms in total. The topological polar surface area (TPSA) is 126 Å². The second-order valence-corrected chi connectivity index (χ2v) is 6.64. The van der Waals surface area contributed by atoms with Crippen LogP contribution < -0.4 is 16.0 Å². The van der Waals surface area contributed by atoms with Crippen molar-refractivity contribution < 1.29 is 29.3 Å². The van der Waals surface area contributed by atoms with Gasteiger partial charge in [-0.25, -0.2) is 19.4 Å². The summed E-state index contributed by atoms with van der Waals surface area (Å²) in [4.78, 5) is 44.7. The van der Waals surface area contributed by atoms with Crippen molar-refractivity contribution >= 4 is 17.9 Å². The van der Waals surface area contributed by atoms with Gasteiger partial charge in [0.15, 0.2) is 0 Å². The van der Waals surface area contributed by atoms with Crippen molar-refractivity contribution in [1.29, 1.82) is 0 Å². The molecule has 0 bridgehead atoms. The van der Waals surface area contributed by atoms with Crippen molar-refractivity contribution in [2.24, 2.45) is 11.8 Å². The molecule has 0 aromatic heterocycles. The van der Waals surface area contributed by atoms with Crippen LogP contribution in [0.2, 0.25) is 0 Å². The molecule has 1 aliphatic carbocycles. The number of rotatable bonds is 6. The molecule has 134 valence electrons. The van der Waals surface area contributed by atoms with Crippen molar-refractivity contribution in [3.05, 3.63) is 0 Å². The highest BCUT2D eigenvalue weighted by molar-refractivity contribution is 5.79. The first-order valence-electron chi connectivity index (χ1n) is 8.41. The molecule has 4 atom stereocenters. The smallest absolute Gasteiger partial charge is 0.372 e. The minimum absolute atomic E-state index is 0.0967. The third-order valence-electron chi connectivity index (χ3n) is 4.83. The Morgan fingerprint density at radius 3 is 2.50 bits per heavy atom. The average molecular weight is 341 g/mol. The van der Waals surface area contributed by atoms with Gasteiger partial charge in [0.1, 0.15) is 12.1 Å². The molecule has 9 heteroatoms. The van der Waals surface area contributed by atoms with Gasteiger partial charge in [-0.05, 0) is 44.7 Å². The summed E-state index contributed by atoms with van der Waals surface area (Å²) in [6.45, 7) is 1.84. The van der Waals surface area contributed by atoms with Crippen molar-refractivity contribution in [2.45, 2.75) is 43.8 Å². The van der Waals surface area contributed by atoms with E-state index in [1.165, 1.54) is 0 Å². The zero-order chi connectivity index (χ0) is 17.1. The van der Waals surface area contributed by atoms with Crippen LogP contribution in [-0.2, 0) is 24.2 Å². The second-order valence-electron chi connectivity index (χ2n) is 6.64. The number of aliphatic carboxylic acids is 1. The summed E-state index contributed by atoms with van der Waals surface area (Å²) in [5.41, 5.74) is 0. The summed E-state index contributed by atoms with van der Waals surface area (Å²) >= 11 is 0. The van der Waals surface area contributed by atoms with Gasteiger partial charge in [0, 0.05) is 12.6 Å². The van der Waals surface area contributed by atoms with E-state index in [4.69, 9.17) is 4.89 Å². The number of carboxylic acid groups (broad SMARTS) is 1. The van der Waals surface area contributed by atoms with E-state index in [2.05, 4.69) is 20.8 Å². The Morgan fingerprint density at radius 1 is 1.08 bits per heavy atom. The Labute approximate surface area is 139 Å². The highest BCUT2D eigenvalue weighted by atomic mass is 17.2. The van der Waals surface area contributed by atoms with Crippen molar-refractivity contribution in [3.63, 3.8) is 0 Å². The Kier molecular flexibility index (Phi) is 5.32. The van der Waals surface area contributed by atoms with E-state index in [-0.39, 0.29) is 17.9 Å². The Hall–Kier alpha value is -1.71. The highest BCUT2D eigenvalue weighted by Gasteiger charge is 2.43. The summed E-state index contributed by atoms with van der Waals surface area (Å²) in [5, 5.41) is 18.2. The van der Waals surface area contributed by atoms with Crippen LogP contribution in [0.4, 0.5) is 0 Å². The molecule has 2 aliphatic heterocycles. The number of carbonyl (C=O) groups excluding carboxylic acids is 2. The summed E-state index contributed by atoms with van der Waals surface area (Å²) in [5.74, 6) is -2.35. The predicted molar refractivity (Wildman–Crippen MR) is 80.6 cm³/mol. The molecule has 1 unspecified atom stereocenters. The van der Waals surface area contributed by atoms with Crippen LogP contribution in [0, 0.1) is 11.8 Å². The molecular formula is C15H23N3O6. The van der Waals surface area contributed by atoms with Gasteiger partial charge in [-0.2, -0.15) is 0 Å². The van der Waals surface area contributed by atoms with Crippen LogP contribution in [0.1, 0.15) is 25.7 Å². The molecular weight excluding hydrogens is 318 g/mol. The second kappa shape index (κ2) is 7.45. The van der Waals surface area contributed by atoms with Gasteiger partial charge in [0.05, 0.1) is 5.92 Å². The maximum Gasteiger partial charge on any atom is 0.372 e. The van der Waals surface area contributed by atoms with Crippen molar-refractivity contribution in [2.75, 3.05) is 19.6 Å². The largest absolute Gasteiger partial charge is 0.480 e. The van der Waals surface area contributed by atoms with Crippen LogP contribution in [0.15, 0.2) is 0 Å². The fourth-order valence-electron chi connectivity index (χ4n) is 3.26. The summed E-state index contributed by atoms with van der Waals surface area (Å²) in [6.07, 6.45) is 3.01. The lowest BCUT2D eigenvalue weighted by Gasteiger charge is -2.23. The van der Waals surface area contributed by atoms with Gasteiger partial charge in [-0.1, -0.05) is 0 Å². The highest BCUT2D eigenvalue weighted by Crippen LogP contribution is 2.34. The Balaban J connectivity index is 1.52. The molecule has 0 radical (unpaired) electrons. The molecule has 2 saturated heterocycles. The van der Waals surface area contributed by atoms with Gasteiger partial charge in [0.25, 0.3) is 0 Å². The number of carboxylic acids is 1. The Bertz CT molecular complexity index is 503. The maximum atomic E-state index is 12.3. The van der Waals surface area contributed by atoms with Crippen molar-refractivity contribution in [3.8, 4) is 0 Å². The van der Waals surface area contributed by atoms with Gasteiger partial charge < -0.3 is 15.7 Å². The third kappa shape index (κ3) is 4.03. The quantitative estimate of drug-likeness (QED) is 0.347. The van der Waals surface area contributed by atoms with E-state index in [9.17, 15) is 19.5 Å². The zero-order valence-corrected chi connectivity index (χ0v) is 13.3. The number of hydrogen-bond acceptors (Lipinski definition) is 8. The predicted octanol–water partition coefficient (Wildman–Crippen LogP) is -1.22. The van der Waals surface area contributed by atoms with Crippen LogP contribution in [0.5, 0.6) is 0 Å². The molecule has 2 heterocycles. The molecule has 3 aliphatic rings. The van der Waals surface area contributed by atoms with E-state index < -0.39 is 30.0 Å². The van der Waals surface area contributed by atoms with Crippen LogP contribution in [0.25, 0.3) is 0 Å². The lowest BCUT2D eigenvalue weighted by atomic mass is 10.1. The van der Waals surface area contributed by atoms with E-state index in [1.807, 2.05) is 0 Å². The first kappa shape index (κ1) is 17.1. The lowest BCUT2D eigenvalue weighted by molar-refractivity contribution is -0.263.